The van der Waals surface area contributed by atoms with Crippen LogP contribution in [0.1, 0.15) is 56.7 Å². The van der Waals surface area contributed by atoms with E-state index in [-0.39, 0.29) is 17.4 Å². The van der Waals surface area contributed by atoms with Gasteiger partial charge in [0.2, 0.25) is 5.91 Å². The minimum Gasteiger partial charge on any atom is -0.486 e. The van der Waals surface area contributed by atoms with Crippen molar-refractivity contribution in [1.29, 1.82) is 0 Å². The first kappa shape index (κ1) is 16.7. The van der Waals surface area contributed by atoms with Crippen LogP contribution in [0.2, 0.25) is 0 Å². The summed E-state index contributed by atoms with van der Waals surface area (Å²) in [7, 11) is 0. The number of ether oxygens (including phenoxy) is 2. The number of benzene rings is 1. The van der Waals surface area contributed by atoms with Crippen molar-refractivity contribution in [3.8, 4) is 11.5 Å². The van der Waals surface area contributed by atoms with Crippen molar-refractivity contribution in [1.82, 2.24) is 10.2 Å². The van der Waals surface area contributed by atoms with E-state index in [2.05, 4.69) is 29.3 Å². The molecule has 4 rings (SSSR count). The Morgan fingerprint density at radius 3 is 2.60 bits per heavy atom. The number of carbonyl (C=O) groups excluding carboxylic acids is 1. The monoisotopic (exact) mass is 344 g/mol. The SMILES string of the molecule is CCNC(=O)CN1CC2(CCCC2)c2cc3c(cc2C1C)OCCO3. The summed E-state index contributed by atoms with van der Waals surface area (Å²) in [4.78, 5) is 14.5. The third-order valence-electron chi connectivity index (χ3n) is 6.07. The molecule has 0 radical (unpaired) electrons. The fourth-order valence-corrected chi connectivity index (χ4v) is 4.83. The number of rotatable bonds is 3. The Morgan fingerprint density at radius 2 is 1.92 bits per heavy atom. The average molecular weight is 344 g/mol. The minimum absolute atomic E-state index is 0.114. The fourth-order valence-electron chi connectivity index (χ4n) is 4.83. The van der Waals surface area contributed by atoms with Gasteiger partial charge in [-0.2, -0.15) is 0 Å². The van der Waals surface area contributed by atoms with E-state index in [1.54, 1.807) is 0 Å². The van der Waals surface area contributed by atoms with Gasteiger partial charge in [0.05, 0.1) is 6.54 Å². The third-order valence-corrected chi connectivity index (χ3v) is 6.07. The average Bonchev–Trinajstić information content (AvgIpc) is 3.08. The topological polar surface area (TPSA) is 50.8 Å². The Kier molecular flexibility index (Phi) is 4.36. The lowest BCUT2D eigenvalue weighted by molar-refractivity contribution is -0.123. The summed E-state index contributed by atoms with van der Waals surface area (Å²) in [6.45, 7) is 7.50. The van der Waals surface area contributed by atoms with Gasteiger partial charge in [-0.3, -0.25) is 9.69 Å². The molecule has 0 aromatic heterocycles. The largest absolute Gasteiger partial charge is 0.486 e. The van der Waals surface area contributed by atoms with Gasteiger partial charge in [-0.05, 0) is 49.9 Å². The molecule has 1 amide bonds. The molecule has 5 nitrogen and oxygen atoms in total. The molecule has 1 spiro atoms. The molecule has 2 aliphatic heterocycles. The molecule has 5 heteroatoms. The quantitative estimate of drug-likeness (QED) is 0.916. The van der Waals surface area contributed by atoms with E-state index >= 15 is 0 Å². The van der Waals surface area contributed by atoms with Gasteiger partial charge in [0.25, 0.3) is 0 Å². The predicted molar refractivity (Wildman–Crippen MR) is 96.2 cm³/mol. The van der Waals surface area contributed by atoms with Crippen LogP contribution < -0.4 is 14.8 Å². The van der Waals surface area contributed by atoms with Crippen LogP contribution in [0.4, 0.5) is 0 Å². The molecule has 0 bridgehead atoms. The first-order valence-corrected chi connectivity index (χ1v) is 9.58. The van der Waals surface area contributed by atoms with Crippen molar-refractivity contribution in [3.63, 3.8) is 0 Å². The Labute approximate surface area is 149 Å². The van der Waals surface area contributed by atoms with Crippen LogP contribution in [0, 0.1) is 0 Å². The lowest BCUT2D eigenvalue weighted by atomic mass is 9.71. The van der Waals surface area contributed by atoms with E-state index in [1.165, 1.54) is 36.8 Å². The molecule has 1 fully saturated rings. The van der Waals surface area contributed by atoms with E-state index in [0.29, 0.717) is 26.3 Å². The van der Waals surface area contributed by atoms with Crippen molar-refractivity contribution < 1.29 is 14.3 Å². The molecule has 136 valence electrons. The molecule has 25 heavy (non-hydrogen) atoms. The number of nitrogens with zero attached hydrogens (tertiary/aromatic N) is 1. The second kappa shape index (κ2) is 6.52. The normalized spacial score (nSPS) is 24.2. The summed E-state index contributed by atoms with van der Waals surface area (Å²) in [5.74, 6) is 1.86. The lowest BCUT2D eigenvalue weighted by Gasteiger charge is -2.46. The van der Waals surface area contributed by atoms with Gasteiger partial charge < -0.3 is 14.8 Å². The van der Waals surface area contributed by atoms with Gasteiger partial charge >= 0.3 is 0 Å². The molecule has 1 unspecified atom stereocenters. The Balaban J connectivity index is 1.73. The van der Waals surface area contributed by atoms with Crippen molar-refractivity contribution in [3.05, 3.63) is 23.3 Å². The van der Waals surface area contributed by atoms with Gasteiger partial charge in [0.15, 0.2) is 11.5 Å². The molecule has 1 saturated carbocycles. The third kappa shape index (κ3) is 2.88. The molecular formula is C20H28N2O3. The maximum atomic E-state index is 12.2. The number of hydrogen-bond acceptors (Lipinski definition) is 4. The highest BCUT2D eigenvalue weighted by molar-refractivity contribution is 5.78. The zero-order valence-electron chi connectivity index (χ0n) is 15.3. The number of likely N-dealkylation sites (N-methyl/N-ethyl adjacent to an activating group) is 1. The molecule has 0 saturated heterocycles. The molecule has 2 heterocycles. The second-order valence-corrected chi connectivity index (χ2v) is 7.61. The van der Waals surface area contributed by atoms with Gasteiger partial charge in [0, 0.05) is 24.5 Å². The first-order chi connectivity index (χ1) is 12.1. The first-order valence-electron chi connectivity index (χ1n) is 9.58. The summed E-state index contributed by atoms with van der Waals surface area (Å²) < 4.78 is 11.7. The summed E-state index contributed by atoms with van der Waals surface area (Å²) >= 11 is 0. The smallest absolute Gasteiger partial charge is 0.234 e. The number of carbonyl (C=O) groups is 1. The van der Waals surface area contributed by atoms with Crippen LogP contribution >= 0.6 is 0 Å². The Hall–Kier alpha value is -1.75. The highest BCUT2D eigenvalue weighted by Crippen LogP contribution is 2.51. The standard InChI is InChI=1S/C20H28N2O3/c1-3-21-19(23)12-22-13-20(6-4-5-7-20)16-11-18-17(24-8-9-25-18)10-15(16)14(22)2/h10-11,14H,3-9,12-13H2,1-2H3,(H,21,23). The number of nitrogens with one attached hydrogen (secondary N) is 1. The van der Waals surface area contributed by atoms with E-state index in [0.717, 1.165) is 18.0 Å². The molecule has 3 aliphatic rings. The van der Waals surface area contributed by atoms with Gasteiger partial charge in [-0.25, -0.2) is 0 Å². The fraction of sp³-hybridized carbons (Fsp3) is 0.650. The van der Waals surface area contributed by atoms with Crippen molar-refractivity contribution in [2.24, 2.45) is 0 Å². The maximum Gasteiger partial charge on any atom is 0.234 e. The van der Waals surface area contributed by atoms with Crippen LogP contribution in [-0.2, 0) is 10.2 Å². The van der Waals surface area contributed by atoms with Crippen LogP contribution in [0.3, 0.4) is 0 Å². The Morgan fingerprint density at radius 1 is 1.24 bits per heavy atom. The van der Waals surface area contributed by atoms with Crippen LogP contribution in [-0.4, -0.2) is 43.7 Å². The van der Waals surface area contributed by atoms with Gasteiger partial charge in [-0.1, -0.05) is 12.8 Å². The number of amides is 1. The summed E-state index contributed by atoms with van der Waals surface area (Å²) in [5, 5.41) is 2.94. The van der Waals surface area contributed by atoms with Crippen molar-refractivity contribution in [2.45, 2.75) is 51.0 Å². The molecule has 1 aromatic rings. The van der Waals surface area contributed by atoms with Crippen molar-refractivity contribution in [2.75, 3.05) is 32.8 Å². The molecule has 1 aliphatic carbocycles. The molecular weight excluding hydrogens is 316 g/mol. The zero-order valence-corrected chi connectivity index (χ0v) is 15.3. The van der Waals surface area contributed by atoms with Gasteiger partial charge in [0.1, 0.15) is 13.2 Å². The number of hydrogen-bond donors (Lipinski definition) is 1. The summed E-state index contributed by atoms with van der Waals surface area (Å²) in [5.41, 5.74) is 2.89. The maximum absolute atomic E-state index is 12.2. The summed E-state index contributed by atoms with van der Waals surface area (Å²) in [6.07, 6.45) is 4.91. The Bertz CT molecular complexity index is 667. The molecule has 1 N–H and O–H groups in total. The number of fused-ring (bicyclic) bond motifs is 3. The highest BCUT2D eigenvalue weighted by Gasteiger charge is 2.45. The van der Waals surface area contributed by atoms with E-state index in [1.807, 2.05) is 6.92 Å². The van der Waals surface area contributed by atoms with Crippen LogP contribution in [0.15, 0.2) is 12.1 Å². The zero-order chi connectivity index (χ0) is 17.4. The van der Waals surface area contributed by atoms with Gasteiger partial charge in [-0.15, -0.1) is 0 Å². The van der Waals surface area contributed by atoms with E-state index in [9.17, 15) is 4.79 Å². The van der Waals surface area contributed by atoms with E-state index in [4.69, 9.17) is 9.47 Å². The minimum atomic E-state index is 0.114. The van der Waals surface area contributed by atoms with Crippen molar-refractivity contribution >= 4 is 5.91 Å². The highest BCUT2D eigenvalue weighted by atomic mass is 16.6. The van der Waals surface area contributed by atoms with Crippen LogP contribution in [0.5, 0.6) is 11.5 Å². The molecule has 1 aromatic carbocycles. The predicted octanol–water partition coefficient (Wildman–Crippen LogP) is 2.78. The van der Waals surface area contributed by atoms with E-state index < -0.39 is 0 Å². The lowest BCUT2D eigenvalue weighted by Crippen LogP contribution is -2.49. The second-order valence-electron chi connectivity index (χ2n) is 7.61. The van der Waals surface area contributed by atoms with Crippen LogP contribution in [0.25, 0.3) is 0 Å². The summed E-state index contributed by atoms with van der Waals surface area (Å²) in [6, 6.07) is 4.60. The molecule has 1 atom stereocenters.